The van der Waals surface area contributed by atoms with Gasteiger partial charge in [-0.05, 0) is 60.9 Å². The van der Waals surface area contributed by atoms with E-state index in [0.29, 0.717) is 23.6 Å². The van der Waals surface area contributed by atoms with Crippen molar-refractivity contribution >= 4 is 45.5 Å². The average molecular weight is 443 g/mol. The summed E-state index contributed by atoms with van der Waals surface area (Å²) in [5.41, 5.74) is 1.70. The van der Waals surface area contributed by atoms with Gasteiger partial charge in [0.1, 0.15) is 11.3 Å². The van der Waals surface area contributed by atoms with Crippen molar-refractivity contribution in [3.05, 3.63) is 63.6 Å². The fourth-order valence-corrected chi connectivity index (χ4v) is 3.27. The molecule has 1 aliphatic rings. The van der Waals surface area contributed by atoms with Gasteiger partial charge in [-0.2, -0.15) is 0 Å². The number of benzene rings is 2. The van der Waals surface area contributed by atoms with Crippen LogP contribution >= 0.6 is 15.9 Å². The minimum absolute atomic E-state index is 0.107. The molecule has 1 aliphatic heterocycles. The maximum absolute atomic E-state index is 12.9. The number of rotatable bonds is 5. The molecular formula is C21H19BrN2O4. The molecule has 4 amide bonds. The van der Waals surface area contributed by atoms with Crippen molar-refractivity contribution in [1.82, 2.24) is 5.32 Å². The molecule has 1 saturated heterocycles. The van der Waals surface area contributed by atoms with Crippen LogP contribution < -0.4 is 15.0 Å². The second-order valence-corrected chi connectivity index (χ2v) is 7.22. The van der Waals surface area contributed by atoms with Crippen molar-refractivity contribution in [2.75, 3.05) is 11.5 Å². The first kappa shape index (κ1) is 19.8. The predicted molar refractivity (Wildman–Crippen MR) is 110 cm³/mol. The third-order valence-corrected chi connectivity index (χ3v) is 4.66. The Hall–Kier alpha value is -2.93. The third kappa shape index (κ3) is 4.14. The molecule has 1 fully saturated rings. The van der Waals surface area contributed by atoms with E-state index in [4.69, 9.17) is 4.74 Å². The van der Waals surface area contributed by atoms with Crippen LogP contribution in [0.2, 0.25) is 0 Å². The monoisotopic (exact) mass is 442 g/mol. The van der Waals surface area contributed by atoms with Gasteiger partial charge in [-0.15, -0.1) is 0 Å². The number of nitrogens with zero attached hydrogens (tertiary/aromatic N) is 1. The number of anilines is 1. The van der Waals surface area contributed by atoms with Crippen LogP contribution in [0.5, 0.6) is 5.75 Å². The molecule has 0 unspecified atom stereocenters. The number of ether oxygens (including phenoxy) is 1. The maximum Gasteiger partial charge on any atom is 0.335 e. The molecule has 3 rings (SSSR count). The lowest BCUT2D eigenvalue weighted by Gasteiger charge is -2.27. The number of halogens is 1. The molecule has 0 saturated carbocycles. The number of urea groups is 1. The summed E-state index contributed by atoms with van der Waals surface area (Å²) >= 11 is 3.36. The zero-order valence-corrected chi connectivity index (χ0v) is 17.1. The van der Waals surface area contributed by atoms with Crippen molar-refractivity contribution in [2.24, 2.45) is 0 Å². The number of aryl methyl sites for hydroxylation is 1. The van der Waals surface area contributed by atoms with Crippen molar-refractivity contribution in [1.29, 1.82) is 0 Å². The summed E-state index contributed by atoms with van der Waals surface area (Å²) in [5, 5.41) is 2.23. The van der Waals surface area contributed by atoms with Gasteiger partial charge < -0.3 is 4.74 Å². The molecule has 1 N–H and O–H groups in total. The molecule has 1 heterocycles. The van der Waals surface area contributed by atoms with Crippen LogP contribution in [0, 0.1) is 6.92 Å². The normalized spacial score (nSPS) is 15.8. The smallest absolute Gasteiger partial charge is 0.335 e. The van der Waals surface area contributed by atoms with E-state index in [2.05, 4.69) is 21.2 Å². The van der Waals surface area contributed by atoms with Crippen molar-refractivity contribution in [3.63, 3.8) is 0 Å². The highest BCUT2D eigenvalue weighted by Crippen LogP contribution is 2.27. The van der Waals surface area contributed by atoms with Gasteiger partial charge >= 0.3 is 6.03 Å². The molecule has 2 aromatic carbocycles. The predicted octanol–water partition coefficient (Wildman–Crippen LogP) is 4.21. The molecule has 0 atom stereocenters. The van der Waals surface area contributed by atoms with Crippen LogP contribution in [-0.4, -0.2) is 24.5 Å². The fraction of sp³-hybridized carbons (Fsp3) is 0.190. The van der Waals surface area contributed by atoms with Crippen LogP contribution in [0.15, 0.2) is 52.5 Å². The fourth-order valence-electron chi connectivity index (χ4n) is 2.79. The van der Waals surface area contributed by atoms with Gasteiger partial charge in [-0.3, -0.25) is 14.9 Å². The lowest BCUT2D eigenvalue weighted by atomic mass is 10.1. The topological polar surface area (TPSA) is 75.7 Å². The number of imide groups is 2. The van der Waals surface area contributed by atoms with Gasteiger partial charge in [-0.1, -0.05) is 35.0 Å². The zero-order chi connectivity index (χ0) is 20.3. The number of carbonyl (C=O) groups is 3. The Morgan fingerprint density at radius 1 is 1.11 bits per heavy atom. The van der Waals surface area contributed by atoms with Gasteiger partial charge in [-0.25, -0.2) is 9.69 Å². The summed E-state index contributed by atoms with van der Waals surface area (Å²) in [7, 11) is 0. The second kappa shape index (κ2) is 8.39. The van der Waals surface area contributed by atoms with Crippen LogP contribution in [0.4, 0.5) is 10.5 Å². The SMILES string of the molecule is CCCOc1ccc(/C=C2/C(=O)NC(=O)N(c3ccc(Br)cc3C)C2=O)cc1. The van der Waals surface area contributed by atoms with Crippen molar-refractivity contribution in [2.45, 2.75) is 20.3 Å². The van der Waals surface area contributed by atoms with Crippen molar-refractivity contribution < 1.29 is 19.1 Å². The third-order valence-electron chi connectivity index (χ3n) is 4.17. The Bertz CT molecular complexity index is 967. The molecule has 2 aromatic rings. The molecule has 0 spiro atoms. The summed E-state index contributed by atoms with van der Waals surface area (Å²) in [6.45, 7) is 4.42. The summed E-state index contributed by atoms with van der Waals surface area (Å²) in [5.74, 6) is -0.663. The molecule has 0 aliphatic carbocycles. The average Bonchev–Trinajstić information content (AvgIpc) is 2.66. The van der Waals surface area contributed by atoms with Crippen LogP contribution in [0.25, 0.3) is 6.08 Å². The number of nitrogens with one attached hydrogen (secondary N) is 1. The van der Waals surface area contributed by atoms with Gasteiger partial charge in [0, 0.05) is 4.47 Å². The van der Waals surface area contributed by atoms with E-state index in [1.807, 2.05) is 6.92 Å². The lowest BCUT2D eigenvalue weighted by molar-refractivity contribution is -0.122. The van der Waals surface area contributed by atoms with E-state index >= 15 is 0 Å². The molecule has 0 radical (unpaired) electrons. The molecular weight excluding hydrogens is 424 g/mol. The molecule has 0 aromatic heterocycles. The first-order chi connectivity index (χ1) is 13.4. The van der Waals surface area contributed by atoms with Gasteiger partial charge in [0.2, 0.25) is 0 Å². The Morgan fingerprint density at radius 3 is 2.46 bits per heavy atom. The minimum atomic E-state index is -0.763. The molecule has 6 nitrogen and oxygen atoms in total. The highest BCUT2D eigenvalue weighted by molar-refractivity contribution is 9.10. The van der Waals surface area contributed by atoms with Crippen LogP contribution in [0.1, 0.15) is 24.5 Å². The van der Waals surface area contributed by atoms with Gasteiger partial charge in [0.25, 0.3) is 11.8 Å². The Labute approximate surface area is 171 Å². The number of carbonyl (C=O) groups excluding carboxylic acids is 3. The zero-order valence-electron chi connectivity index (χ0n) is 15.5. The number of amides is 4. The summed E-state index contributed by atoms with van der Waals surface area (Å²) in [6, 6.07) is 11.5. The first-order valence-electron chi connectivity index (χ1n) is 8.81. The number of hydrogen-bond donors (Lipinski definition) is 1. The lowest BCUT2D eigenvalue weighted by Crippen LogP contribution is -2.54. The highest BCUT2D eigenvalue weighted by atomic mass is 79.9. The summed E-state index contributed by atoms with van der Waals surface area (Å²) in [4.78, 5) is 38.5. The van der Waals surface area contributed by atoms with E-state index in [1.165, 1.54) is 6.08 Å². The van der Waals surface area contributed by atoms with E-state index in [-0.39, 0.29) is 5.57 Å². The van der Waals surface area contributed by atoms with E-state index in [9.17, 15) is 14.4 Å². The van der Waals surface area contributed by atoms with Gasteiger partial charge in [0.15, 0.2) is 0 Å². The van der Waals surface area contributed by atoms with Crippen molar-refractivity contribution in [3.8, 4) is 5.75 Å². The summed E-state index contributed by atoms with van der Waals surface area (Å²) in [6.07, 6.45) is 2.37. The first-order valence-corrected chi connectivity index (χ1v) is 9.60. The molecule has 144 valence electrons. The number of hydrogen-bond acceptors (Lipinski definition) is 4. The molecule has 0 bridgehead atoms. The van der Waals surface area contributed by atoms with E-state index in [0.717, 1.165) is 21.4 Å². The molecule has 7 heteroatoms. The maximum atomic E-state index is 12.9. The van der Waals surface area contributed by atoms with Gasteiger partial charge in [0.05, 0.1) is 12.3 Å². The summed E-state index contributed by atoms with van der Waals surface area (Å²) < 4.78 is 6.36. The van der Waals surface area contributed by atoms with Crippen LogP contribution in [-0.2, 0) is 9.59 Å². The Kier molecular flexibility index (Phi) is 5.94. The van der Waals surface area contributed by atoms with E-state index in [1.54, 1.807) is 49.4 Å². The number of barbiturate groups is 1. The standard InChI is InChI=1S/C21H19BrN2O4/c1-3-10-28-16-7-4-14(5-8-16)12-17-19(25)23-21(27)24(20(17)26)18-9-6-15(22)11-13(18)2/h4-9,11-12H,3,10H2,1-2H3,(H,23,25,27)/b17-12-. The Balaban J connectivity index is 1.92. The van der Waals surface area contributed by atoms with E-state index < -0.39 is 17.8 Å². The largest absolute Gasteiger partial charge is 0.494 e. The molecule has 28 heavy (non-hydrogen) atoms. The highest BCUT2D eigenvalue weighted by Gasteiger charge is 2.37. The Morgan fingerprint density at radius 2 is 1.82 bits per heavy atom. The van der Waals surface area contributed by atoms with Crippen LogP contribution in [0.3, 0.4) is 0 Å². The minimum Gasteiger partial charge on any atom is -0.494 e. The second-order valence-electron chi connectivity index (χ2n) is 6.31. The quantitative estimate of drug-likeness (QED) is 0.555.